The van der Waals surface area contributed by atoms with Crippen LogP contribution in [0.15, 0.2) is 0 Å². The molecule has 0 radical (unpaired) electrons. The van der Waals surface area contributed by atoms with Crippen LogP contribution in [0.25, 0.3) is 0 Å². The van der Waals surface area contributed by atoms with Crippen LogP contribution in [0.5, 0.6) is 0 Å². The van der Waals surface area contributed by atoms with Crippen molar-refractivity contribution in [1.82, 2.24) is 9.13 Å². The van der Waals surface area contributed by atoms with Crippen LogP contribution in [0.1, 0.15) is 53.4 Å². The van der Waals surface area contributed by atoms with E-state index >= 15 is 0 Å². The fraction of sp³-hybridized carbons (Fsp3) is 1.00. The van der Waals surface area contributed by atoms with Gasteiger partial charge in [0.05, 0.1) is 0 Å². The minimum absolute atomic E-state index is 1.02. The molecule has 0 heterocycles. The van der Waals surface area contributed by atoms with E-state index in [1.165, 1.54) is 0 Å². The predicted octanol–water partition coefficient (Wildman–Crippen LogP) is 1.58. The Morgan fingerprint density at radius 3 is 1.06 bits per heavy atom. The first-order valence-corrected chi connectivity index (χ1v) is 9.17. The van der Waals surface area contributed by atoms with Crippen LogP contribution in [-0.2, 0) is 0 Å². The molecule has 0 fully saturated rings. The summed E-state index contributed by atoms with van der Waals surface area (Å²) in [5.41, 5.74) is 0. The molecule has 0 unspecified atom stereocenters. The zero-order chi connectivity index (χ0) is 13.3. The monoisotopic (exact) mass is 260 g/mol. The Bertz CT molecular complexity index is 157. The number of nitrogens with two attached hydrogens (primary N) is 2. The maximum absolute atomic E-state index is 6.52. The quantitative estimate of drug-likeness (QED) is 0.586. The molecule has 104 valence electrons. The molecule has 0 aliphatic rings. The molecule has 0 atom stereocenters. The van der Waals surface area contributed by atoms with Gasteiger partial charge in [-0.1, -0.05) is 27.7 Å². The molecule has 0 saturated carbocycles. The van der Waals surface area contributed by atoms with E-state index in [4.69, 9.17) is 10.8 Å². The molecule has 4 nitrogen and oxygen atoms in total. The fourth-order valence-corrected chi connectivity index (χ4v) is 4.95. The standard InChI is InChI=1S/C12H32N4Si/c1-5-9-15(10-6-2)17(13,14)16(11-7-3)12-8-4/h5-14H2,1-4H3. The van der Waals surface area contributed by atoms with Crippen molar-refractivity contribution < 1.29 is 0 Å². The van der Waals surface area contributed by atoms with Crippen LogP contribution in [0, 0.1) is 0 Å². The van der Waals surface area contributed by atoms with Crippen LogP contribution < -0.4 is 10.8 Å². The molecular formula is C12H32N4Si. The van der Waals surface area contributed by atoms with E-state index in [1.807, 2.05) is 0 Å². The van der Waals surface area contributed by atoms with Gasteiger partial charge in [-0.25, -0.2) is 0 Å². The van der Waals surface area contributed by atoms with E-state index < -0.39 is 8.72 Å². The van der Waals surface area contributed by atoms with Crippen LogP contribution in [0.4, 0.5) is 0 Å². The van der Waals surface area contributed by atoms with Crippen LogP contribution >= 0.6 is 0 Å². The van der Waals surface area contributed by atoms with E-state index in [2.05, 4.69) is 36.8 Å². The molecule has 17 heavy (non-hydrogen) atoms. The summed E-state index contributed by atoms with van der Waals surface area (Å²) in [4.78, 5) is 0. The lowest BCUT2D eigenvalue weighted by Gasteiger charge is -2.42. The molecule has 4 N–H and O–H groups in total. The van der Waals surface area contributed by atoms with Crippen molar-refractivity contribution in [3.05, 3.63) is 0 Å². The molecule has 0 spiro atoms. The minimum Gasteiger partial charge on any atom is -0.314 e. The van der Waals surface area contributed by atoms with E-state index in [0.717, 1.165) is 51.9 Å². The Morgan fingerprint density at radius 2 is 0.882 bits per heavy atom. The van der Waals surface area contributed by atoms with Crippen LogP contribution in [0.3, 0.4) is 0 Å². The summed E-state index contributed by atoms with van der Waals surface area (Å²) in [6.07, 6.45) is 4.48. The number of nitrogens with zero attached hydrogens (tertiary/aromatic N) is 2. The highest BCUT2D eigenvalue weighted by Crippen LogP contribution is 2.08. The highest BCUT2D eigenvalue weighted by atomic mass is 28.4. The van der Waals surface area contributed by atoms with Crippen molar-refractivity contribution in [2.75, 3.05) is 26.2 Å². The SMILES string of the molecule is CCCN(CCC)[Si](N)(N)N(CCC)CCC. The second-order valence-corrected chi connectivity index (χ2v) is 7.59. The zero-order valence-corrected chi connectivity index (χ0v) is 13.2. The van der Waals surface area contributed by atoms with Gasteiger partial charge in [-0.2, -0.15) is 0 Å². The van der Waals surface area contributed by atoms with Gasteiger partial charge >= 0.3 is 8.72 Å². The van der Waals surface area contributed by atoms with Crippen molar-refractivity contribution in [3.63, 3.8) is 0 Å². The van der Waals surface area contributed by atoms with Gasteiger partial charge in [0.1, 0.15) is 0 Å². The van der Waals surface area contributed by atoms with Crippen molar-refractivity contribution in [2.45, 2.75) is 53.4 Å². The van der Waals surface area contributed by atoms with Crippen molar-refractivity contribution >= 4 is 8.72 Å². The summed E-state index contributed by atoms with van der Waals surface area (Å²) in [5, 5.41) is 13.0. The Morgan fingerprint density at radius 1 is 0.647 bits per heavy atom. The highest BCUT2D eigenvalue weighted by Gasteiger charge is 2.38. The van der Waals surface area contributed by atoms with Gasteiger partial charge in [-0.15, -0.1) is 0 Å². The van der Waals surface area contributed by atoms with E-state index in [0.29, 0.717) is 0 Å². The lowest BCUT2D eigenvalue weighted by Crippen LogP contribution is -2.79. The summed E-state index contributed by atoms with van der Waals surface area (Å²) in [5.74, 6) is 0. The Hall–Kier alpha value is 0.0569. The van der Waals surface area contributed by atoms with E-state index in [-0.39, 0.29) is 0 Å². The lowest BCUT2D eigenvalue weighted by atomic mass is 10.4. The molecule has 0 amide bonds. The molecule has 0 aromatic carbocycles. The van der Waals surface area contributed by atoms with Crippen molar-refractivity contribution in [1.29, 1.82) is 0 Å². The van der Waals surface area contributed by atoms with Crippen LogP contribution in [-0.4, -0.2) is 44.0 Å². The third-order valence-corrected chi connectivity index (χ3v) is 5.91. The maximum atomic E-state index is 6.52. The highest BCUT2D eigenvalue weighted by molar-refractivity contribution is 6.68. The Labute approximate surface area is 109 Å². The van der Waals surface area contributed by atoms with E-state index in [9.17, 15) is 0 Å². The predicted molar refractivity (Wildman–Crippen MR) is 78.4 cm³/mol. The largest absolute Gasteiger partial charge is 0.366 e. The van der Waals surface area contributed by atoms with Crippen molar-refractivity contribution in [2.24, 2.45) is 10.8 Å². The number of rotatable bonds is 10. The molecule has 0 aliphatic carbocycles. The molecule has 0 aliphatic heterocycles. The van der Waals surface area contributed by atoms with Gasteiger partial charge in [0.15, 0.2) is 0 Å². The zero-order valence-electron chi connectivity index (χ0n) is 12.2. The summed E-state index contributed by atoms with van der Waals surface area (Å²) < 4.78 is 4.69. The second-order valence-electron chi connectivity index (χ2n) is 4.76. The Balaban J connectivity index is 4.71. The van der Waals surface area contributed by atoms with Gasteiger partial charge in [-0.05, 0) is 51.9 Å². The van der Waals surface area contributed by atoms with Gasteiger partial charge in [-0.3, -0.25) is 9.13 Å². The number of hydrogen-bond donors (Lipinski definition) is 2. The second kappa shape index (κ2) is 9.05. The smallest absolute Gasteiger partial charge is 0.314 e. The molecule has 0 saturated heterocycles. The minimum atomic E-state index is -2.38. The first-order chi connectivity index (χ1) is 8.04. The molecule has 5 heteroatoms. The molecule has 0 bridgehead atoms. The van der Waals surface area contributed by atoms with E-state index in [1.54, 1.807) is 0 Å². The Kier molecular flexibility index (Phi) is 9.08. The summed E-state index contributed by atoms with van der Waals surface area (Å²) in [6, 6.07) is 0. The average Bonchev–Trinajstić information content (AvgIpc) is 2.28. The van der Waals surface area contributed by atoms with Gasteiger partial charge in [0.25, 0.3) is 0 Å². The molecular weight excluding hydrogens is 228 g/mol. The first-order valence-electron chi connectivity index (χ1n) is 7.12. The average molecular weight is 261 g/mol. The molecule has 0 aromatic heterocycles. The maximum Gasteiger partial charge on any atom is 0.366 e. The lowest BCUT2D eigenvalue weighted by molar-refractivity contribution is 0.314. The van der Waals surface area contributed by atoms with Crippen molar-refractivity contribution in [3.8, 4) is 0 Å². The van der Waals surface area contributed by atoms with Gasteiger partial charge in [0.2, 0.25) is 0 Å². The third-order valence-electron chi connectivity index (χ3n) is 2.99. The normalized spacial score (nSPS) is 12.7. The fourth-order valence-electron chi connectivity index (χ4n) is 2.22. The molecule has 0 aromatic rings. The van der Waals surface area contributed by atoms with Gasteiger partial charge < -0.3 is 10.8 Å². The molecule has 0 rings (SSSR count). The topological polar surface area (TPSA) is 58.5 Å². The van der Waals surface area contributed by atoms with Gasteiger partial charge in [0, 0.05) is 0 Å². The number of hydrogen-bond acceptors (Lipinski definition) is 4. The summed E-state index contributed by atoms with van der Waals surface area (Å²) in [6.45, 7) is 12.9. The van der Waals surface area contributed by atoms with Crippen LogP contribution in [0.2, 0.25) is 0 Å². The summed E-state index contributed by atoms with van der Waals surface area (Å²) >= 11 is 0. The first kappa shape index (κ1) is 17.1. The summed E-state index contributed by atoms with van der Waals surface area (Å²) in [7, 11) is -2.38. The third kappa shape index (κ3) is 5.48.